The van der Waals surface area contributed by atoms with E-state index in [4.69, 9.17) is 0 Å². The van der Waals surface area contributed by atoms with Crippen LogP contribution in [0.4, 0.5) is 14.7 Å². The van der Waals surface area contributed by atoms with Crippen molar-refractivity contribution in [3.05, 3.63) is 77.1 Å². The highest BCUT2D eigenvalue weighted by Gasteiger charge is 2.26. The van der Waals surface area contributed by atoms with Gasteiger partial charge in [-0.05, 0) is 42.0 Å². The Balaban J connectivity index is 1.35. The summed E-state index contributed by atoms with van der Waals surface area (Å²) in [6, 6.07) is 4.41. The summed E-state index contributed by atoms with van der Waals surface area (Å²) >= 11 is 0. The largest absolute Gasteiger partial charge is 0.345 e. The molecule has 1 amide bonds. The molecule has 0 bridgehead atoms. The molecule has 0 saturated carbocycles. The fourth-order valence-corrected chi connectivity index (χ4v) is 4.91. The molecule has 4 aromatic rings. The summed E-state index contributed by atoms with van der Waals surface area (Å²) in [5.74, 6) is -0.151. The lowest BCUT2D eigenvalue weighted by Crippen LogP contribution is -2.35. The highest BCUT2D eigenvalue weighted by atomic mass is 19.1. The molecule has 0 unspecified atom stereocenters. The molecule has 1 aliphatic rings. The molecule has 38 heavy (non-hydrogen) atoms. The van der Waals surface area contributed by atoms with E-state index >= 15 is 4.39 Å². The van der Waals surface area contributed by atoms with Gasteiger partial charge >= 0.3 is 0 Å². The molecule has 0 spiro atoms. The fraction of sp³-hybridized carbons (Fsp3) is 0.393. The van der Waals surface area contributed by atoms with E-state index in [9.17, 15) is 9.18 Å². The standard InChI is InChI=1S/C28H31F2N7O/c1-17(2)20-13-31-28(32-14-20)36-9-7-21(8-10-36)37-15-23(30)25-24(33-16-34-26(25)37)12-18-5-6-19(11-22(18)29)27(38)35(3)4/h5-6,11,13-17,21H,7-10,12H2,1-4H3. The summed E-state index contributed by atoms with van der Waals surface area (Å²) in [5, 5.41) is 0.301. The zero-order valence-electron chi connectivity index (χ0n) is 22.0. The lowest BCUT2D eigenvalue weighted by molar-refractivity contribution is 0.0827. The topological polar surface area (TPSA) is 80.0 Å². The van der Waals surface area contributed by atoms with Crippen LogP contribution in [0.3, 0.4) is 0 Å². The molecule has 198 valence electrons. The lowest BCUT2D eigenvalue weighted by atomic mass is 10.0. The lowest BCUT2D eigenvalue weighted by Gasteiger charge is -2.32. The second-order valence-electron chi connectivity index (χ2n) is 10.3. The van der Waals surface area contributed by atoms with Gasteiger partial charge in [0.1, 0.15) is 17.8 Å². The number of anilines is 1. The van der Waals surface area contributed by atoms with Gasteiger partial charge in [-0.3, -0.25) is 4.79 Å². The second kappa shape index (κ2) is 10.4. The van der Waals surface area contributed by atoms with Crippen LogP contribution in [0.25, 0.3) is 11.0 Å². The van der Waals surface area contributed by atoms with Crippen LogP contribution in [0.5, 0.6) is 0 Å². The smallest absolute Gasteiger partial charge is 0.253 e. The summed E-state index contributed by atoms with van der Waals surface area (Å²) < 4.78 is 32.0. The molecule has 1 fully saturated rings. The van der Waals surface area contributed by atoms with Gasteiger partial charge in [0.25, 0.3) is 5.91 Å². The molecule has 1 aliphatic heterocycles. The van der Waals surface area contributed by atoms with Gasteiger partial charge in [-0.1, -0.05) is 19.9 Å². The number of nitrogens with zero attached hydrogens (tertiary/aromatic N) is 7. The van der Waals surface area contributed by atoms with Crippen LogP contribution >= 0.6 is 0 Å². The van der Waals surface area contributed by atoms with Crippen molar-refractivity contribution in [2.45, 2.75) is 45.1 Å². The van der Waals surface area contributed by atoms with Gasteiger partial charge in [0.05, 0.1) is 11.1 Å². The van der Waals surface area contributed by atoms with Gasteiger partial charge in [0, 0.05) is 63.8 Å². The van der Waals surface area contributed by atoms with E-state index in [1.165, 1.54) is 23.5 Å². The van der Waals surface area contributed by atoms with Gasteiger partial charge in [0.2, 0.25) is 5.95 Å². The SMILES string of the molecule is CC(C)c1cnc(N2CCC(n3cc(F)c4c(Cc5ccc(C(=O)N(C)C)cc5F)ncnc43)CC2)nc1. The number of benzene rings is 1. The molecule has 0 N–H and O–H groups in total. The predicted molar refractivity (Wildman–Crippen MR) is 141 cm³/mol. The summed E-state index contributed by atoms with van der Waals surface area (Å²) in [6.45, 7) is 5.71. The summed E-state index contributed by atoms with van der Waals surface area (Å²) in [7, 11) is 3.22. The van der Waals surface area contributed by atoms with Crippen molar-refractivity contribution in [2.24, 2.45) is 0 Å². The molecule has 1 aromatic carbocycles. The average Bonchev–Trinajstić information content (AvgIpc) is 3.26. The Hall–Kier alpha value is -3.95. The minimum absolute atomic E-state index is 0.0593. The maximum atomic E-state index is 15.3. The third-order valence-electron chi connectivity index (χ3n) is 7.17. The first-order valence-electron chi connectivity index (χ1n) is 12.8. The van der Waals surface area contributed by atoms with Crippen molar-refractivity contribution in [3.8, 4) is 0 Å². The number of carbonyl (C=O) groups excluding carboxylic acids is 1. The molecule has 4 heterocycles. The van der Waals surface area contributed by atoms with E-state index in [1.807, 2.05) is 17.0 Å². The molecule has 0 aliphatic carbocycles. The third kappa shape index (κ3) is 4.94. The Bertz CT molecular complexity index is 1460. The Labute approximate surface area is 220 Å². The van der Waals surface area contributed by atoms with E-state index in [0.717, 1.165) is 31.5 Å². The Kier molecular flexibility index (Phi) is 7.05. The van der Waals surface area contributed by atoms with E-state index < -0.39 is 11.6 Å². The maximum absolute atomic E-state index is 15.3. The van der Waals surface area contributed by atoms with Gasteiger partial charge in [-0.15, -0.1) is 0 Å². The van der Waals surface area contributed by atoms with Crippen LogP contribution in [-0.4, -0.2) is 62.5 Å². The van der Waals surface area contributed by atoms with Crippen LogP contribution in [0, 0.1) is 11.6 Å². The number of hydrogen-bond donors (Lipinski definition) is 0. The fourth-order valence-electron chi connectivity index (χ4n) is 4.91. The first-order valence-corrected chi connectivity index (χ1v) is 12.8. The highest BCUT2D eigenvalue weighted by molar-refractivity contribution is 5.94. The number of hydrogen-bond acceptors (Lipinski definition) is 6. The van der Waals surface area contributed by atoms with Gasteiger partial charge < -0.3 is 14.4 Å². The predicted octanol–water partition coefficient (Wildman–Crippen LogP) is 4.76. The number of carbonyl (C=O) groups is 1. The minimum Gasteiger partial charge on any atom is -0.345 e. The molecule has 0 atom stereocenters. The molecule has 3 aromatic heterocycles. The Morgan fingerprint density at radius 1 is 1.05 bits per heavy atom. The van der Waals surface area contributed by atoms with Gasteiger partial charge in [-0.25, -0.2) is 28.7 Å². The average molecular weight is 520 g/mol. The number of aromatic nitrogens is 5. The molecule has 8 nitrogen and oxygen atoms in total. The summed E-state index contributed by atoms with van der Waals surface area (Å²) in [5.41, 5.74) is 2.61. The molecular weight excluding hydrogens is 488 g/mol. The van der Waals surface area contributed by atoms with Crippen molar-refractivity contribution in [1.29, 1.82) is 0 Å². The second-order valence-corrected chi connectivity index (χ2v) is 10.3. The number of amides is 1. The van der Waals surface area contributed by atoms with Gasteiger partial charge in [-0.2, -0.15) is 0 Å². The van der Waals surface area contributed by atoms with Crippen LogP contribution in [-0.2, 0) is 6.42 Å². The Morgan fingerprint density at radius 2 is 1.76 bits per heavy atom. The van der Waals surface area contributed by atoms with Crippen molar-refractivity contribution < 1.29 is 13.6 Å². The van der Waals surface area contributed by atoms with Crippen LogP contribution in [0.1, 0.15) is 65.8 Å². The van der Waals surface area contributed by atoms with Crippen LogP contribution in [0.2, 0.25) is 0 Å². The number of piperidine rings is 1. The molecule has 5 rings (SSSR count). The normalized spacial score (nSPS) is 14.4. The Morgan fingerprint density at radius 3 is 2.39 bits per heavy atom. The van der Waals surface area contributed by atoms with E-state index in [-0.39, 0.29) is 23.9 Å². The summed E-state index contributed by atoms with van der Waals surface area (Å²) in [6.07, 6.45) is 8.29. The maximum Gasteiger partial charge on any atom is 0.253 e. The molecule has 0 radical (unpaired) electrons. The zero-order valence-corrected chi connectivity index (χ0v) is 22.0. The van der Waals surface area contributed by atoms with E-state index in [2.05, 4.69) is 38.7 Å². The van der Waals surface area contributed by atoms with E-state index in [0.29, 0.717) is 34.2 Å². The number of rotatable bonds is 6. The van der Waals surface area contributed by atoms with Gasteiger partial charge in [0.15, 0.2) is 5.82 Å². The number of fused-ring (bicyclic) bond motifs is 1. The first-order chi connectivity index (χ1) is 18.2. The monoisotopic (exact) mass is 519 g/mol. The quantitative estimate of drug-likeness (QED) is 0.366. The zero-order chi connectivity index (χ0) is 27.0. The van der Waals surface area contributed by atoms with Crippen LogP contribution in [0.15, 0.2) is 43.1 Å². The van der Waals surface area contributed by atoms with Crippen LogP contribution < -0.4 is 4.90 Å². The minimum atomic E-state index is -0.527. The first kappa shape index (κ1) is 25.7. The third-order valence-corrected chi connectivity index (χ3v) is 7.17. The molecule has 1 saturated heterocycles. The van der Waals surface area contributed by atoms with Crippen molar-refractivity contribution >= 4 is 22.9 Å². The van der Waals surface area contributed by atoms with E-state index in [1.54, 1.807) is 26.2 Å². The number of halogens is 2. The molecular formula is C28H31F2N7O. The highest BCUT2D eigenvalue weighted by Crippen LogP contribution is 2.31. The summed E-state index contributed by atoms with van der Waals surface area (Å²) in [4.78, 5) is 33.4. The van der Waals surface area contributed by atoms with Crippen molar-refractivity contribution in [3.63, 3.8) is 0 Å². The van der Waals surface area contributed by atoms with Crippen molar-refractivity contribution in [1.82, 2.24) is 29.4 Å². The van der Waals surface area contributed by atoms with Crippen molar-refractivity contribution in [2.75, 3.05) is 32.1 Å². The molecule has 10 heteroatoms.